The van der Waals surface area contributed by atoms with Crippen LogP contribution in [-0.2, 0) is 12.7 Å². The molecule has 0 saturated heterocycles. The number of ether oxygens (including phenoxy) is 1. The first-order valence-corrected chi connectivity index (χ1v) is 8.16. The molecule has 1 aromatic heterocycles. The highest BCUT2D eigenvalue weighted by molar-refractivity contribution is 5.81. The molecule has 3 aromatic rings. The predicted molar refractivity (Wildman–Crippen MR) is 91.6 cm³/mol. The lowest BCUT2D eigenvalue weighted by Gasteiger charge is -2.10. The number of imidazole rings is 1. The van der Waals surface area contributed by atoms with Gasteiger partial charge in [-0.25, -0.2) is 4.98 Å². The van der Waals surface area contributed by atoms with Gasteiger partial charge in [-0.15, -0.1) is 0 Å². The van der Waals surface area contributed by atoms with Gasteiger partial charge < -0.3 is 9.30 Å². The summed E-state index contributed by atoms with van der Waals surface area (Å²) < 4.78 is 46.1. The number of fused-ring (bicyclic) bond motifs is 1. The summed E-state index contributed by atoms with van der Waals surface area (Å²) in [6.45, 7) is 2.79. The van der Waals surface area contributed by atoms with E-state index in [9.17, 15) is 13.2 Å². The van der Waals surface area contributed by atoms with E-state index >= 15 is 0 Å². The Bertz CT molecular complexity index is 867. The summed E-state index contributed by atoms with van der Waals surface area (Å²) >= 11 is 0. The largest absolute Gasteiger partial charge is 0.497 e. The Labute approximate surface area is 144 Å². The van der Waals surface area contributed by atoms with Crippen molar-refractivity contribution in [1.82, 2.24) is 9.55 Å². The number of hydrogen-bond donors (Lipinski definition) is 0. The number of hydrogen-bond acceptors (Lipinski definition) is 2. The lowest BCUT2D eigenvalue weighted by molar-refractivity contribution is -0.137. The Morgan fingerprint density at radius 3 is 2.40 bits per heavy atom. The van der Waals surface area contributed by atoms with Crippen molar-refractivity contribution in [3.05, 3.63) is 48.0 Å². The highest BCUT2D eigenvalue weighted by Gasteiger charge is 2.31. The van der Waals surface area contributed by atoms with Crippen LogP contribution < -0.4 is 4.74 Å². The van der Waals surface area contributed by atoms with Crippen LogP contribution in [0.25, 0.3) is 22.4 Å². The number of benzene rings is 2. The lowest BCUT2D eigenvalue weighted by atomic mass is 10.2. The summed E-state index contributed by atoms with van der Waals surface area (Å²) in [4.78, 5) is 4.49. The molecule has 0 bridgehead atoms. The van der Waals surface area contributed by atoms with Crippen LogP contribution >= 0.6 is 0 Å². The van der Waals surface area contributed by atoms with Crippen molar-refractivity contribution < 1.29 is 17.9 Å². The molecule has 3 nitrogen and oxygen atoms in total. The Morgan fingerprint density at radius 1 is 1.08 bits per heavy atom. The highest BCUT2D eigenvalue weighted by atomic mass is 19.4. The molecule has 1 heterocycles. The van der Waals surface area contributed by atoms with Crippen LogP contribution in [0.15, 0.2) is 42.5 Å². The molecule has 0 spiro atoms. The zero-order chi connectivity index (χ0) is 18.0. The van der Waals surface area contributed by atoms with Crippen molar-refractivity contribution in [2.45, 2.75) is 32.5 Å². The third-order valence-electron chi connectivity index (χ3n) is 4.16. The van der Waals surface area contributed by atoms with Gasteiger partial charge in [-0.3, -0.25) is 0 Å². The number of halogens is 3. The highest BCUT2D eigenvalue weighted by Crippen LogP contribution is 2.33. The fourth-order valence-corrected chi connectivity index (χ4v) is 2.81. The van der Waals surface area contributed by atoms with E-state index in [2.05, 4.69) is 11.9 Å². The first-order chi connectivity index (χ1) is 11.9. The van der Waals surface area contributed by atoms with E-state index in [0.717, 1.165) is 36.3 Å². The summed E-state index contributed by atoms with van der Waals surface area (Å²) in [6, 6.07) is 11.1. The van der Waals surface area contributed by atoms with Crippen molar-refractivity contribution >= 4 is 11.0 Å². The van der Waals surface area contributed by atoms with E-state index in [1.54, 1.807) is 7.11 Å². The summed E-state index contributed by atoms with van der Waals surface area (Å²) in [5.74, 6) is 1.39. The Balaban J connectivity index is 2.14. The average Bonchev–Trinajstić information content (AvgIpc) is 2.97. The van der Waals surface area contributed by atoms with Crippen LogP contribution in [0.4, 0.5) is 13.2 Å². The van der Waals surface area contributed by atoms with Crippen molar-refractivity contribution in [3.8, 4) is 17.1 Å². The third-order valence-corrected chi connectivity index (χ3v) is 4.16. The fourth-order valence-electron chi connectivity index (χ4n) is 2.81. The second kappa shape index (κ2) is 6.78. The molecular weight excluding hydrogens is 329 g/mol. The zero-order valence-electron chi connectivity index (χ0n) is 14.1. The Kier molecular flexibility index (Phi) is 4.70. The second-order valence-electron chi connectivity index (χ2n) is 5.87. The van der Waals surface area contributed by atoms with Crippen LogP contribution in [0.1, 0.15) is 25.3 Å². The minimum atomic E-state index is -4.37. The topological polar surface area (TPSA) is 27.1 Å². The lowest BCUT2D eigenvalue weighted by Crippen LogP contribution is -2.04. The SMILES string of the molecule is CCCCn1c(-c2ccc(OC)cc2)nc2cc(C(F)(F)F)ccc21. The van der Waals surface area contributed by atoms with Gasteiger partial charge in [0.15, 0.2) is 0 Å². The zero-order valence-corrected chi connectivity index (χ0v) is 14.1. The molecule has 2 aromatic carbocycles. The molecule has 25 heavy (non-hydrogen) atoms. The third kappa shape index (κ3) is 3.48. The molecule has 0 aliphatic heterocycles. The van der Waals surface area contributed by atoms with Crippen molar-refractivity contribution in [2.75, 3.05) is 7.11 Å². The summed E-state index contributed by atoms with van der Waals surface area (Å²) in [6.07, 6.45) is -2.46. The molecule has 6 heteroatoms. The molecule has 0 unspecified atom stereocenters. The van der Waals surface area contributed by atoms with Gasteiger partial charge in [0.2, 0.25) is 0 Å². The summed E-state index contributed by atoms with van der Waals surface area (Å²) in [5.41, 5.74) is 1.24. The van der Waals surface area contributed by atoms with E-state index in [0.29, 0.717) is 23.4 Å². The first kappa shape index (κ1) is 17.3. The Morgan fingerprint density at radius 2 is 1.80 bits per heavy atom. The molecule has 132 valence electrons. The van der Waals surface area contributed by atoms with Crippen molar-refractivity contribution in [2.24, 2.45) is 0 Å². The fraction of sp³-hybridized carbons (Fsp3) is 0.316. The van der Waals surface area contributed by atoms with Gasteiger partial charge in [-0.05, 0) is 48.9 Å². The van der Waals surface area contributed by atoms with Gasteiger partial charge in [0, 0.05) is 12.1 Å². The van der Waals surface area contributed by atoms with Gasteiger partial charge in [-0.1, -0.05) is 13.3 Å². The maximum atomic E-state index is 13.0. The quantitative estimate of drug-likeness (QED) is 0.606. The number of nitrogens with zero attached hydrogens (tertiary/aromatic N) is 2. The second-order valence-corrected chi connectivity index (χ2v) is 5.87. The van der Waals surface area contributed by atoms with E-state index in [1.165, 1.54) is 6.07 Å². The van der Waals surface area contributed by atoms with Gasteiger partial charge >= 0.3 is 6.18 Å². The van der Waals surface area contributed by atoms with E-state index in [4.69, 9.17) is 4.74 Å². The molecule has 0 aliphatic rings. The number of aryl methyl sites for hydroxylation is 1. The summed E-state index contributed by atoms with van der Waals surface area (Å²) in [7, 11) is 1.59. The normalized spacial score (nSPS) is 11.9. The van der Waals surface area contributed by atoms with Crippen molar-refractivity contribution in [1.29, 1.82) is 0 Å². The maximum Gasteiger partial charge on any atom is 0.416 e. The van der Waals surface area contributed by atoms with Crippen LogP contribution in [0.5, 0.6) is 5.75 Å². The number of unbranched alkanes of at least 4 members (excludes halogenated alkanes) is 1. The predicted octanol–water partition coefficient (Wildman–Crippen LogP) is 5.53. The van der Waals surface area contributed by atoms with Gasteiger partial charge in [0.25, 0.3) is 0 Å². The molecule has 0 atom stereocenters. The molecular formula is C19H19F3N2O. The smallest absolute Gasteiger partial charge is 0.416 e. The van der Waals surface area contributed by atoms with Crippen LogP contribution in [0.3, 0.4) is 0 Å². The van der Waals surface area contributed by atoms with E-state index < -0.39 is 11.7 Å². The minimum absolute atomic E-state index is 0.358. The molecule has 0 aliphatic carbocycles. The monoisotopic (exact) mass is 348 g/mol. The number of methoxy groups -OCH3 is 1. The van der Waals surface area contributed by atoms with Crippen LogP contribution in [0.2, 0.25) is 0 Å². The average molecular weight is 348 g/mol. The number of rotatable bonds is 5. The molecule has 0 radical (unpaired) electrons. The standard InChI is InChI=1S/C19H19F3N2O/c1-3-4-11-24-17-10-7-14(19(20,21)22)12-16(17)23-18(24)13-5-8-15(25-2)9-6-13/h5-10,12H,3-4,11H2,1-2H3. The van der Waals surface area contributed by atoms with E-state index in [-0.39, 0.29) is 0 Å². The minimum Gasteiger partial charge on any atom is -0.497 e. The first-order valence-electron chi connectivity index (χ1n) is 8.16. The van der Waals surface area contributed by atoms with E-state index in [1.807, 2.05) is 28.8 Å². The molecule has 0 N–H and O–H groups in total. The van der Waals surface area contributed by atoms with Crippen LogP contribution in [-0.4, -0.2) is 16.7 Å². The Hall–Kier alpha value is -2.50. The molecule has 3 rings (SSSR count). The molecule has 0 saturated carbocycles. The van der Waals surface area contributed by atoms with Crippen LogP contribution in [0, 0.1) is 0 Å². The molecule has 0 amide bonds. The van der Waals surface area contributed by atoms with Gasteiger partial charge in [0.05, 0.1) is 23.7 Å². The number of aromatic nitrogens is 2. The number of alkyl halides is 3. The summed E-state index contributed by atoms with van der Waals surface area (Å²) in [5, 5.41) is 0. The van der Waals surface area contributed by atoms with Crippen molar-refractivity contribution in [3.63, 3.8) is 0 Å². The van der Waals surface area contributed by atoms with Gasteiger partial charge in [0.1, 0.15) is 11.6 Å². The molecule has 0 fully saturated rings. The van der Waals surface area contributed by atoms with Gasteiger partial charge in [-0.2, -0.15) is 13.2 Å². The maximum absolute atomic E-state index is 13.0.